The lowest BCUT2D eigenvalue weighted by atomic mass is 10.0. The lowest BCUT2D eigenvalue weighted by molar-refractivity contribution is -0.140. The third-order valence-corrected chi connectivity index (χ3v) is 3.21. The minimum absolute atomic E-state index is 0.529. The first-order chi connectivity index (χ1) is 7.21. The first-order valence-electron chi connectivity index (χ1n) is 4.95. The first-order valence-corrected chi connectivity index (χ1v) is 5.83. The number of nitrogens with zero attached hydrogens (tertiary/aromatic N) is 1. The molecule has 0 amide bonds. The maximum Gasteiger partial charge on any atom is 0.390 e. The highest BCUT2D eigenvalue weighted by Gasteiger charge is 2.33. The van der Waals surface area contributed by atoms with Crippen LogP contribution in [0.1, 0.15) is 32.2 Å². The van der Waals surface area contributed by atoms with E-state index in [4.69, 9.17) is 0 Å². The normalized spacial score (nSPS) is 15.1. The third kappa shape index (κ3) is 4.09. The van der Waals surface area contributed by atoms with E-state index >= 15 is 0 Å². The Morgan fingerprint density at radius 1 is 1.44 bits per heavy atom. The lowest BCUT2D eigenvalue weighted by Gasteiger charge is -2.28. The molecule has 1 unspecified atom stereocenters. The number of aromatic nitrogens is 1. The summed E-state index contributed by atoms with van der Waals surface area (Å²) in [6, 6.07) is -0.626. The Morgan fingerprint density at radius 3 is 2.50 bits per heavy atom. The van der Waals surface area contributed by atoms with Gasteiger partial charge in [-0.25, -0.2) is 4.98 Å². The van der Waals surface area contributed by atoms with Gasteiger partial charge in [-0.05, 0) is 20.8 Å². The number of hydrogen-bond acceptors (Lipinski definition) is 3. The summed E-state index contributed by atoms with van der Waals surface area (Å²) in [7, 11) is 0. The Kier molecular flexibility index (Phi) is 3.96. The second-order valence-electron chi connectivity index (χ2n) is 4.33. The van der Waals surface area contributed by atoms with Gasteiger partial charge in [0, 0.05) is 17.6 Å². The second kappa shape index (κ2) is 4.71. The number of hydrogen-bond donors (Lipinski definition) is 1. The van der Waals surface area contributed by atoms with Crippen molar-refractivity contribution in [2.45, 2.75) is 44.9 Å². The van der Waals surface area contributed by atoms with Crippen molar-refractivity contribution in [1.82, 2.24) is 10.3 Å². The fourth-order valence-corrected chi connectivity index (χ4v) is 2.33. The molecule has 92 valence electrons. The number of nitrogens with one attached hydrogen (secondary N) is 1. The Hall–Kier alpha value is -0.620. The van der Waals surface area contributed by atoms with Gasteiger partial charge in [0.05, 0.1) is 12.0 Å². The fourth-order valence-electron chi connectivity index (χ4n) is 1.61. The van der Waals surface area contributed by atoms with Gasteiger partial charge in [-0.2, -0.15) is 13.2 Å². The van der Waals surface area contributed by atoms with E-state index in [9.17, 15) is 13.2 Å². The highest BCUT2D eigenvalue weighted by Crippen LogP contribution is 2.26. The summed E-state index contributed by atoms with van der Waals surface area (Å²) >= 11 is 1.43. The van der Waals surface area contributed by atoms with Gasteiger partial charge < -0.3 is 5.32 Å². The Labute approximate surface area is 96.9 Å². The lowest BCUT2D eigenvalue weighted by Crippen LogP contribution is -2.44. The van der Waals surface area contributed by atoms with E-state index in [1.807, 2.05) is 19.2 Å². The highest BCUT2D eigenvalue weighted by atomic mass is 32.1. The van der Waals surface area contributed by atoms with Crippen molar-refractivity contribution >= 4 is 11.3 Å². The summed E-state index contributed by atoms with van der Waals surface area (Å²) in [5.41, 5.74) is -0.529. The molecule has 0 bridgehead atoms. The van der Waals surface area contributed by atoms with Crippen LogP contribution in [0.15, 0.2) is 11.6 Å². The highest BCUT2D eigenvalue weighted by molar-refractivity contribution is 7.09. The monoisotopic (exact) mass is 252 g/mol. The minimum atomic E-state index is -4.13. The van der Waals surface area contributed by atoms with Crippen molar-refractivity contribution in [3.05, 3.63) is 16.6 Å². The van der Waals surface area contributed by atoms with Crippen LogP contribution in [0.4, 0.5) is 13.2 Å². The Morgan fingerprint density at radius 2 is 2.06 bits per heavy atom. The van der Waals surface area contributed by atoms with E-state index in [0.29, 0.717) is 0 Å². The minimum Gasteiger partial charge on any atom is -0.303 e. The molecular weight excluding hydrogens is 237 g/mol. The molecule has 1 rings (SSSR count). The maximum absolute atomic E-state index is 12.2. The molecule has 0 aromatic carbocycles. The van der Waals surface area contributed by atoms with Gasteiger partial charge in [0.2, 0.25) is 0 Å². The van der Waals surface area contributed by atoms with E-state index < -0.39 is 24.2 Å². The molecule has 0 radical (unpaired) electrons. The third-order valence-electron chi connectivity index (χ3n) is 2.11. The van der Waals surface area contributed by atoms with E-state index in [-0.39, 0.29) is 0 Å². The molecule has 0 saturated heterocycles. The van der Waals surface area contributed by atoms with Crippen LogP contribution in [-0.4, -0.2) is 17.2 Å². The Balaban J connectivity index is 2.60. The van der Waals surface area contributed by atoms with Crippen LogP contribution in [0.25, 0.3) is 0 Å². The summed E-state index contributed by atoms with van der Waals surface area (Å²) < 4.78 is 36.5. The molecule has 6 heteroatoms. The molecule has 1 heterocycles. The molecule has 0 aliphatic carbocycles. The molecule has 0 saturated carbocycles. The summed E-state index contributed by atoms with van der Waals surface area (Å²) in [6.45, 7) is 5.19. The van der Waals surface area contributed by atoms with E-state index in [0.717, 1.165) is 5.01 Å². The van der Waals surface area contributed by atoms with Crippen molar-refractivity contribution in [1.29, 1.82) is 0 Å². The van der Waals surface area contributed by atoms with Crippen LogP contribution in [0, 0.1) is 0 Å². The predicted molar refractivity (Wildman–Crippen MR) is 58.4 cm³/mol. The molecule has 2 nitrogen and oxygen atoms in total. The quantitative estimate of drug-likeness (QED) is 0.889. The van der Waals surface area contributed by atoms with Gasteiger partial charge >= 0.3 is 6.18 Å². The smallest absolute Gasteiger partial charge is 0.303 e. The number of rotatable bonds is 4. The molecule has 16 heavy (non-hydrogen) atoms. The molecule has 1 atom stereocenters. The largest absolute Gasteiger partial charge is 0.390 e. The van der Waals surface area contributed by atoms with Gasteiger partial charge in [-0.1, -0.05) is 0 Å². The molecule has 1 N–H and O–H groups in total. The average Bonchev–Trinajstić information content (AvgIpc) is 2.49. The van der Waals surface area contributed by atoms with E-state index in [1.165, 1.54) is 18.3 Å². The van der Waals surface area contributed by atoms with Crippen molar-refractivity contribution in [3.8, 4) is 0 Å². The molecule has 1 aromatic heterocycles. The van der Waals surface area contributed by atoms with Crippen molar-refractivity contribution in [3.63, 3.8) is 0 Å². The van der Waals surface area contributed by atoms with Crippen LogP contribution < -0.4 is 5.32 Å². The van der Waals surface area contributed by atoms with Crippen LogP contribution in [0.3, 0.4) is 0 Å². The van der Waals surface area contributed by atoms with Crippen LogP contribution >= 0.6 is 11.3 Å². The van der Waals surface area contributed by atoms with E-state index in [1.54, 1.807) is 6.20 Å². The summed E-state index contributed by atoms with van der Waals surface area (Å²) in [4.78, 5) is 4.11. The zero-order chi connectivity index (χ0) is 12.4. The predicted octanol–water partition coefficient (Wildman–Crippen LogP) is 3.31. The molecule has 0 aliphatic heterocycles. The zero-order valence-corrected chi connectivity index (χ0v) is 10.2. The molecule has 0 aliphatic rings. The second-order valence-corrected chi connectivity index (χ2v) is 5.22. The first kappa shape index (κ1) is 13.4. The average molecular weight is 252 g/mol. The number of alkyl halides is 3. The van der Waals surface area contributed by atoms with Gasteiger partial charge in [0.15, 0.2) is 0 Å². The van der Waals surface area contributed by atoms with Crippen molar-refractivity contribution in [2.75, 3.05) is 0 Å². The van der Waals surface area contributed by atoms with Crippen LogP contribution in [0.2, 0.25) is 0 Å². The van der Waals surface area contributed by atoms with Gasteiger partial charge in [-0.3, -0.25) is 0 Å². The molecular formula is C10H15F3N2S. The number of thiazole rings is 1. The Bertz CT molecular complexity index is 319. The summed E-state index contributed by atoms with van der Waals surface area (Å²) in [5, 5.41) is 5.55. The van der Waals surface area contributed by atoms with E-state index in [2.05, 4.69) is 10.3 Å². The van der Waals surface area contributed by atoms with Gasteiger partial charge in [0.25, 0.3) is 0 Å². The molecule has 0 spiro atoms. The standard InChI is InChI=1S/C10H15F3N2S/c1-7(6-10(11,12)13)15-9(2,3)8-14-4-5-16-8/h4-5,7,15H,6H2,1-3H3. The SMILES string of the molecule is CC(CC(F)(F)F)NC(C)(C)c1nccs1. The van der Waals surface area contributed by atoms with Crippen LogP contribution in [0.5, 0.6) is 0 Å². The maximum atomic E-state index is 12.2. The topological polar surface area (TPSA) is 24.9 Å². The van der Waals surface area contributed by atoms with Crippen molar-refractivity contribution in [2.24, 2.45) is 0 Å². The summed E-state index contributed by atoms with van der Waals surface area (Å²) in [6.07, 6.45) is -3.31. The van der Waals surface area contributed by atoms with Gasteiger partial charge in [0.1, 0.15) is 5.01 Å². The fraction of sp³-hybridized carbons (Fsp3) is 0.700. The summed E-state index contributed by atoms with van der Waals surface area (Å²) in [5.74, 6) is 0. The van der Waals surface area contributed by atoms with Gasteiger partial charge in [-0.15, -0.1) is 11.3 Å². The molecule has 1 aromatic rings. The zero-order valence-electron chi connectivity index (χ0n) is 9.43. The van der Waals surface area contributed by atoms with Crippen LogP contribution in [-0.2, 0) is 5.54 Å². The molecule has 0 fully saturated rings. The van der Waals surface area contributed by atoms with Crippen molar-refractivity contribution < 1.29 is 13.2 Å². The number of halogens is 3.